The molecule has 0 aliphatic rings. The molecule has 0 saturated heterocycles. The molecule has 1 aromatic carbocycles. The van der Waals surface area contributed by atoms with Gasteiger partial charge in [-0.05, 0) is 29.0 Å². The molecule has 0 spiro atoms. The fraction of sp³-hybridized carbons (Fsp3) is 0.600. The molecule has 0 fully saturated rings. The molecule has 1 rings (SSSR count). The van der Waals surface area contributed by atoms with Crippen molar-refractivity contribution in [3.05, 3.63) is 29.3 Å². The summed E-state index contributed by atoms with van der Waals surface area (Å²) in [6.45, 7) is 8.83. The van der Waals surface area contributed by atoms with E-state index in [1.165, 1.54) is 5.56 Å². The predicted molar refractivity (Wildman–Crippen MR) is 71.8 cm³/mol. The van der Waals surface area contributed by atoms with Crippen LogP contribution in [0.1, 0.15) is 51.2 Å². The highest BCUT2D eigenvalue weighted by molar-refractivity contribution is 5.41. The fourth-order valence-corrected chi connectivity index (χ4v) is 1.84. The average Bonchev–Trinajstić information content (AvgIpc) is 2.36. The predicted octanol–water partition coefficient (Wildman–Crippen LogP) is 3.48. The summed E-state index contributed by atoms with van der Waals surface area (Å²) in [7, 11) is 1.67. The maximum atomic E-state index is 9.30. The molecule has 96 valence electrons. The van der Waals surface area contributed by atoms with E-state index in [4.69, 9.17) is 4.74 Å². The number of hydrogen-bond acceptors (Lipinski definition) is 2. The first-order valence-electron chi connectivity index (χ1n) is 6.25. The van der Waals surface area contributed by atoms with E-state index in [1.54, 1.807) is 7.11 Å². The second-order valence-corrected chi connectivity index (χ2v) is 5.28. The van der Waals surface area contributed by atoms with Crippen LogP contribution in [0.5, 0.6) is 5.75 Å². The van der Waals surface area contributed by atoms with Gasteiger partial charge in [0.2, 0.25) is 0 Å². The van der Waals surface area contributed by atoms with Gasteiger partial charge in [0.25, 0.3) is 0 Å². The van der Waals surface area contributed by atoms with Crippen LogP contribution in [0.25, 0.3) is 0 Å². The van der Waals surface area contributed by atoms with E-state index in [1.807, 2.05) is 13.0 Å². The topological polar surface area (TPSA) is 29.5 Å². The highest BCUT2D eigenvalue weighted by Crippen LogP contribution is 2.33. The first kappa shape index (κ1) is 14.0. The molecule has 0 aliphatic carbocycles. The smallest absolute Gasteiger partial charge is 0.122 e. The van der Waals surface area contributed by atoms with Gasteiger partial charge in [-0.3, -0.25) is 0 Å². The van der Waals surface area contributed by atoms with Gasteiger partial charge in [0.05, 0.1) is 7.11 Å². The van der Waals surface area contributed by atoms with Gasteiger partial charge in [0, 0.05) is 12.5 Å². The largest absolute Gasteiger partial charge is 0.496 e. The molecule has 2 nitrogen and oxygen atoms in total. The monoisotopic (exact) mass is 236 g/mol. The van der Waals surface area contributed by atoms with Crippen LogP contribution >= 0.6 is 0 Å². The van der Waals surface area contributed by atoms with Crippen LogP contribution in [-0.4, -0.2) is 18.8 Å². The summed E-state index contributed by atoms with van der Waals surface area (Å²) in [5.41, 5.74) is 2.56. The van der Waals surface area contributed by atoms with Gasteiger partial charge in [0.15, 0.2) is 0 Å². The van der Waals surface area contributed by atoms with Crippen LogP contribution in [0.15, 0.2) is 18.2 Å². The van der Waals surface area contributed by atoms with Gasteiger partial charge in [-0.25, -0.2) is 0 Å². The van der Waals surface area contributed by atoms with E-state index in [-0.39, 0.29) is 17.9 Å². The third-order valence-corrected chi connectivity index (χ3v) is 3.70. The molecular weight excluding hydrogens is 212 g/mol. The van der Waals surface area contributed by atoms with Gasteiger partial charge in [-0.15, -0.1) is 0 Å². The quantitative estimate of drug-likeness (QED) is 0.848. The van der Waals surface area contributed by atoms with Gasteiger partial charge >= 0.3 is 0 Å². The molecule has 1 N–H and O–H groups in total. The summed E-state index contributed by atoms with van der Waals surface area (Å²) in [4.78, 5) is 0. The minimum atomic E-state index is 0.109. The Bertz CT molecular complexity index is 369. The first-order chi connectivity index (χ1) is 7.96. The summed E-state index contributed by atoms with van der Waals surface area (Å²) >= 11 is 0. The second-order valence-electron chi connectivity index (χ2n) is 5.28. The van der Waals surface area contributed by atoms with Gasteiger partial charge in [-0.1, -0.05) is 39.8 Å². The van der Waals surface area contributed by atoms with Crippen LogP contribution in [0, 0.1) is 0 Å². The lowest BCUT2D eigenvalue weighted by Crippen LogP contribution is -2.16. The molecule has 0 aliphatic heterocycles. The molecule has 17 heavy (non-hydrogen) atoms. The van der Waals surface area contributed by atoms with Crippen molar-refractivity contribution < 1.29 is 9.84 Å². The van der Waals surface area contributed by atoms with Crippen molar-refractivity contribution in [2.45, 2.75) is 45.4 Å². The fourth-order valence-electron chi connectivity index (χ4n) is 1.84. The minimum Gasteiger partial charge on any atom is -0.496 e. The van der Waals surface area contributed by atoms with Crippen LogP contribution in [0.3, 0.4) is 0 Å². The molecule has 0 amide bonds. The summed E-state index contributed by atoms with van der Waals surface area (Å²) in [5, 5.41) is 9.30. The lowest BCUT2D eigenvalue weighted by atomic mass is 9.80. The van der Waals surface area contributed by atoms with E-state index in [2.05, 4.69) is 32.9 Å². The average molecular weight is 236 g/mol. The Hall–Kier alpha value is -1.02. The van der Waals surface area contributed by atoms with Gasteiger partial charge in [-0.2, -0.15) is 0 Å². The zero-order valence-corrected chi connectivity index (χ0v) is 11.6. The van der Waals surface area contributed by atoms with Crippen LogP contribution in [-0.2, 0) is 5.41 Å². The lowest BCUT2D eigenvalue weighted by Gasteiger charge is -2.25. The molecule has 0 saturated carbocycles. The Morgan fingerprint density at radius 2 is 2.00 bits per heavy atom. The van der Waals surface area contributed by atoms with Crippen molar-refractivity contribution in [3.8, 4) is 5.75 Å². The summed E-state index contributed by atoms with van der Waals surface area (Å²) in [6.07, 6.45) is 1.09. The van der Waals surface area contributed by atoms with E-state index in [0.717, 1.165) is 17.7 Å². The Balaban J connectivity index is 3.22. The molecule has 0 aromatic heterocycles. The van der Waals surface area contributed by atoms with E-state index in [9.17, 15) is 5.11 Å². The third kappa shape index (κ3) is 3.01. The number of ether oxygens (including phenoxy) is 1. The number of aliphatic hydroxyl groups is 1. The second kappa shape index (κ2) is 5.54. The standard InChI is InChI=1S/C15H24O2/c1-6-15(3,4)12-7-8-14(17-5)13(9-12)11(2)10-16/h7-9,11,16H,6,10H2,1-5H3. The number of aliphatic hydroxyl groups excluding tert-OH is 1. The van der Waals surface area contributed by atoms with E-state index < -0.39 is 0 Å². The minimum absolute atomic E-state index is 0.109. The molecular formula is C15H24O2. The van der Waals surface area contributed by atoms with Crippen molar-refractivity contribution in [1.82, 2.24) is 0 Å². The Labute approximate surface area is 105 Å². The Morgan fingerprint density at radius 3 is 2.47 bits per heavy atom. The number of rotatable bonds is 5. The lowest BCUT2D eigenvalue weighted by molar-refractivity contribution is 0.269. The van der Waals surface area contributed by atoms with Crippen LogP contribution in [0.4, 0.5) is 0 Å². The molecule has 1 unspecified atom stereocenters. The number of methoxy groups -OCH3 is 1. The molecule has 1 aromatic rings. The van der Waals surface area contributed by atoms with E-state index in [0.29, 0.717) is 0 Å². The zero-order valence-electron chi connectivity index (χ0n) is 11.6. The highest BCUT2D eigenvalue weighted by atomic mass is 16.5. The van der Waals surface area contributed by atoms with Crippen LogP contribution in [0.2, 0.25) is 0 Å². The summed E-state index contributed by atoms with van der Waals surface area (Å²) in [5.74, 6) is 0.972. The normalized spacial score (nSPS) is 13.5. The van der Waals surface area contributed by atoms with Gasteiger partial charge in [0.1, 0.15) is 5.75 Å². The van der Waals surface area contributed by atoms with E-state index >= 15 is 0 Å². The molecule has 1 atom stereocenters. The zero-order chi connectivity index (χ0) is 13.1. The van der Waals surface area contributed by atoms with Crippen molar-refractivity contribution >= 4 is 0 Å². The summed E-state index contributed by atoms with van der Waals surface area (Å²) in [6, 6.07) is 6.30. The van der Waals surface area contributed by atoms with Crippen molar-refractivity contribution in [2.24, 2.45) is 0 Å². The van der Waals surface area contributed by atoms with Crippen LogP contribution < -0.4 is 4.74 Å². The molecule has 0 heterocycles. The highest BCUT2D eigenvalue weighted by Gasteiger charge is 2.20. The Morgan fingerprint density at radius 1 is 1.35 bits per heavy atom. The SMILES string of the molecule is CCC(C)(C)c1ccc(OC)c(C(C)CO)c1. The maximum absolute atomic E-state index is 9.30. The molecule has 2 heteroatoms. The molecule has 0 bridgehead atoms. The van der Waals surface area contributed by atoms with Crippen molar-refractivity contribution in [2.75, 3.05) is 13.7 Å². The third-order valence-electron chi connectivity index (χ3n) is 3.70. The summed E-state index contributed by atoms with van der Waals surface area (Å²) < 4.78 is 5.36. The maximum Gasteiger partial charge on any atom is 0.122 e. The van der Waals surface area contributed by atoms with Gasteiger partial charge < -0.3 is 9.84 Å². The van der Waals surface area contributed by atoms with Crippen molar-refractivity contribution in [3.63, 3.8) is 0 Å². The first-order valence-corrected chi connectivity index (χ1v) is 6.25. The van der Waals surface area contributed by atoms with Crippen molar-refractivity contribution in [1.29, 1.82) is 0 Å². The Kier molecular flexibility index (Phi) is 4.58. The number of hydrogen-bond donors (Lipinski definition) is 1. The molecule has 0 radical (unpaired) electrons. The number of benzene rings is 1.